The van der Waals surface area contributed by atoms with Crippen molar-refractivity contribution in [2.45, 2.75) is 19.1 Å². The van der Waals surface area contributed by atoms with Crippen LogP contribution >= 0.6 is 11.6 Å². The zero-order valence-corrected chi connectivity index (χ0v) is 17.2. The second-order valence-corrected chi connectivity index (χ2v) is 7.85. The van der Waals surface area contributed by atoms with Gasteiger partial charge in [-0.2, -0.15) is 18.2 Å². The molecular formula is C22H15ClF3N5O. The second-order valence-electron chi connectivity index (χ2n) is 7.41. The van der Waals surface area contributed by atoms with Gasteiger partial charge in [0, 0.05) is 23.6 Å². The number of halogens is 4. The van der Waals surface area contributed by atoms with Gasteiger partial charge in [-0.3, -0.25) is 4.79 Å². The van der Waals surface area contributed by atoms with E-state index in [0.29, 0.717) is 40.7 Å². The van der Waals surface area contributed by atoms with E-state index in [2.05, 4.69) is 10.1 Å². The SMILES string of the molecule is Nc1nn2c3c1c(=O)nc(Cc1ccc(Cl)cc1)n3CC=C2c1cccc(C(F)(F)F)c1. The van der Waals surface area contributed by atoms with Gasteiger partial charge in [0.15, 0.2) is 11.5 Å². The van der Waals surface area contributed by atoms with Gasteiger partial charge in [-0.25, -0.2) is 4.68 Å². The van der Waals surface area contributed by atoms with Crippen LogP contribution in [-0.4, -0.2) is 19.3 Å². The number of alkyl halides is 3. The zero-order valence-electron chi connectivity index (χ0n) is 16.4. The van der Waals surface area contributed by atoms with E-state index in [0.717, 1.165) is 17.7 Å². The van der Waals surface area contributed by atoms with Crippen LogP contribution in [0.3, 0.4) is 0 Å². The molecule has 0 radical (unpaired) electrons. The Morgan fingerprint density at radius 3 is 2.59 bits per heavy atom. The summed E-state index contributed by atoms with van der Waals surface area (Å²) in [5.41, 5.74) is 6.74. The Hall–Kier alpha value is -3.59. The van der Waals surface area contributed by atoms with Crippen LogP contribution in [0.5, 0.6) is 0 Å². The first-order valence-corrected chi connectivity index (χ1v) is 10.0. The average molecular weight is 458 g/mol. The van der Waals surface area contributed by atoms with Crippen LogP contribution in [-0.2, 0) is 19.1 Å². The second kappa shape index (κ2) is 7.23. The molecule has 1 aliphatic rings. The third kappa shape index (κ3) is 3.34. The molecule has 162 valence electrons. The quantitative estimate of drug-likeness (QED) is 0.496. The number of hydrogen-bond acceptors (Lipinski definition) is 4. The Labute approximate surface area is 184 Å². The lowest BCUT2D eigenvalue weighted by molar-refractivity contribution is -0.137. The Balaban J connectivity index is 1.66. The highest BCUT2D eigenvalue weighted by Crippen LogP contribution is 2.34. The van der Waals surface area contributed by atoms with Gasteiger partial charge < -0.3 is 10.3 Å². The fraction of sp³-hybridized carbons (Fsp3) is 0.136. The summed E-state index contributed by atoms with van der Waals surface area (Å²) in [7, 11) is 0. The number of nitrogens with zero attached hydrogens (tertiary/aromatic N) is 4. The lowest BCUT2D eigenvalue weighted by Crippen LogP contribution is -2.23. The smallest absolute Gasteiger partial charge is 0.381 e. The fourth-order valence-corrected chi connectivity index (χ4v) is 4.00. The highest BCUT2D eigenvalue weighted by molar-refractivity contribution is 6.30. The van der Waals surface area contributed by atoms with Crippen molar-refractivity contribution >= 4 is 34.1 Å². The summed E-state index contributed by atoms with van der Waals surface area (Å²) in [5, 5.41) is 4.99. The van der Waals surface area contributed by atoms with Gasteiger partial charge in [-0.1, -0.05) is 35.9 Å². The molecule has 0 aliphatic carbocycles. The van der Waals surface area contributed by atoms with E-state index in [4.69, 9.17) is 17.3 Å². The normalized spacial score (nSPS) is 13.4. The van der Waals surface area contributed by atoms with E-state index in [1.807, 2.05) is 12.1 Å². The minimum atomic E-state index is -4.48. The molecular weight excluding hydrogens is 443 g/mol. The molecule has 0 spiro atoms. The molecule has 32 heavy (non-hydrogen) atoms. The third-order valence-corrected chi connectivity index (χ3v) is 5.61. The fourth-order valence-electron chi connectivity index (χ4n) is 3.87. The third-order valence-electron chi connectivity index (χ3n) is 5.36. The Morgan fingerprint density at radius 2 is 1.88 bits per heavy atom. The standard InChI is InChI=1S/C22H15ClF3N5O/c23-15-6-4-12(5-7-15)10-17-28-20(32)18-19(27)29-31-16(8-9-30(17)21(18)31)13-2-1-3-14(11-13)22(24,25)26/h1-8,11H,9-10H2,(H2,27,29). The molecule has 0 atom stereocenters. The van der Waals surface area contributed by atoms with Gasteiger partial charge in [0.1, 0.15) is 11.2 Å². The van der Waals surface area contributed by atoms with Gasteiger partial charge in [-0.05, 0) is 35.9 Å². The Morgan fingerprint density at radius 1 is 1.12 bits per heavy atom. The van der Waals surface area contributed by atoms with Crippen molar-refractivity contribution in [3.05, 3.63) is 92.5 Å². The van der Waals surface area contributed by atoms with Gasteiger partial charge >= 0.3 is 6.18 Å². The van der Waals surface area contributed by atoms with Crippen molar-refractivity contribution < 1.29 is 13.2 Å². The molecule has 0 bridgehead atoms. The first-order valence-electron chi connectivity index (χ1n) is 9.63. The van der Waals surface area contributed by atoms with Gasteiger partial charge in [0.25, 0.3) is 5.56 Å². The number of rotatable bonds is 3. The number of nitrogen functional groups attached to an aromatic ring is 1. The van der Waals surface area contributed by atoms with Gasteiger partial charge in [0.2, 0.25) is 0 Å². The van der Waals surface area contributed by atoms with Gasteiger partial charge in [0.05, 0.1) is 11.3 Å². The maximum absolute atomic E-state index is 13.2. The lowest BCUT2D eigenvalue weighted by Gasteiger charge is -2.21. The predicted molar refractivity (Wildman–Crippen MR) is 115 cm³/mol. The summed E-state index contributed by atoms with van der Waals surface area (Å²) in [4.78, 5) is 17.0. The summed E-state index contributed by atoms with van der Waals surface area (Å²) in [6, 6.07) is 12.1. The van der Waals surface area contributed by atoms with Crippen LogP contribution < -0.4 is 11.3 Å². The van der Waals surface area contributed by atoms with Crippen LogP contribution in [0.25, 0.3) is 16.7 Å². The molecule has 4 aromatic rings. The molecule has 0 amide bonds. The maximum Gasteiger partial charge on any atom is 0.416 e. The number of hydrogen-bond donors (Lipinski definition) is 1. The first kappa shape index (κ1) is 20.3. The minimum absolute atomic E-state index is 0.0240. The van der Waals surface area contributed by atoms with Crippen molar-refractivity contribution in [3.63, 3.8) is 0 Å². The average Bonchev–Trinajstić information content (AvgIpc) is 3.10. The minimum Gasteiger partial charge on any atom is -0.381 e. The number of allylic oxidation sites excluding steroid dienone is 1. The molecule has 0 saturated heterocycles. The van der Waals surface area contributed by atoms with Crippen molar-refractivity contribution in [2.75, 3.05) is 5.73 Å². The van der Waals surface area contributed by atoms with E-state index in [1.165, 1.54) is 10.7 Å². The summed E-state index contributed by atoms with van der Waals surface area (Å²) >= 11 is 5.95. The highest BCUT2D eigenvalue weighted by atomic mass is 35.5. The van der Waals surface area contributed by atoms with Crippen LogP contribution in [0, 0.1) is 0 Å². The molecule has 10 heteroatoms. The topological polar surface area (TPSA) is 78.7 Å². The monoisotopic (exact) mass is 457 g/mol. The predicted octanol–water partition coefficient (Wildman–Crippen LogP) is 4.34. The van der Waals surface area contributed by atoms with Crippen molar-refractivity contribution in [3.8, 4) is 0 Å². The van der Waals surface area contributed by atoms with E-state index >= 15 is 0 Å². The number of nitrogens with two attached hydrogens (primary N) is 1. The van der Waals surface area contributed by atoms with Crippen LogP contribution in [0.2, 0.25) is 5.02 Å². The zero-order chi connectivity index (χ0) is 22.6. The van der Waals surface area contributed by atoms with Crippen molar-refractivity contribution in [2.24, 2.45) is 0 Å². The molecule has 3 heterocycles. The molecule has 6 nitrogen and oxygen atoms in total. The largest absolute Gasteiger partial charge is 0.416 e. The maximum atomic E-state index is 13.2. The summed E-state index contributed by atoms with van der Waals surface area (Å²) in [6.07, 6.45) is -2.37. The highest BCUT2D eigenvalue weighted by Gasteiger charge is 2.31. The molecule has 0 saturated carbocycles. The molecule has 0 fully saturated rings. The molecule has 2 aromatic heterocycles. The Bertz CT molecular complexity index is 1450. The summed E-state index contributed by atoms with van der Waals surface area (Å²) < 4.78 is 42.9. The first-order chi connectivity index (χ1) is 15.2. The number of aromatic nitrogens is 4. The molecule has 1 aliphatic heterocycles. The van der Waals surface area contributed by atoms with Crippen molar-refractivity contribution in [1.82, 2.24) is 19.3 Å². The van der Waals surface area contributed by atoms with Crippen LogP contribution in [0.15, 0.2) is 59.4 Å². The van der Waals surface area contributed by atoms with Gasteiger partial charge in [-0.15, -0.1) is 5.10 Å². The lowest BCUT2D eigenvalue weighted by atomic mass is 10.1. The van der Waals surface area contributed by atoms with Crippen LogP contribution in [0.1, 0.15) is 22.5 Å². The van der Waals surface area contributed by atoms with E-state index in [-0.39, 0.29) is 11.2 Å². The molecule has 5 rings (SSSR count). The summed E-state index contributed by atoms with van der Waals surface area (Å²) in [6.45, 7) is 0.295. The number of benzene rings is 2. The van der Waals surface area contributed by atoms with E-state index < -0.39 is 17.3 Å². The van der Waals surface area contributed by atoms with E-state index in [1.54, 1.807) is 28.8 Å². The number of anilines is 1. The Kier molecular flexibility index (Phi) is 4.59. The van der Waals surface area contributed by atoms with Crippen LogP contribution in [0.4, 0.5) is 19.0 Å². The summed E-state index contributed by atoms with van der Waals surface area (Å²) in [5.74, 6) is 0.467. The molecule has 2 aromatic carbocycles. The molecule has 2 N–H and O–H groups in total. The molecule has 0 unspecified atom stereocenters. The van der Waals surface area contributed by atoms with E-state index in [9.17, 15) is 18.0 Å². The van der Waals surface area contributed by atoms with Crippen molar-refractivity contribution in [1.29, 1.82) is 0 Å².